The normalized spacial score (nSPS) is 12.1. The zero-order valence-electron chi connectivity index (χ0n) is 18.0. The number of ether oxygens (including phenoxy) is 3. The molecule has 0 aliphatic heterocycles. The third-order valence-corrected chi connectivity index (χ3v) is 4.08. The Hall–Kier alpha value is -2.25. The molecule has 1 aromatic carbocycles. The van der Waals surface area contributed by atoms with E-state index >= 15 is 0 Å². The fourth-order valence-corrected chi connectivity index (χ4v) is 2.58. The van der Waals surface area contributed by atoms with Gasteiger partial charge in [-0.15, -0.1) is 24.0 Å². The molecule has 2 aromatic rings. The molecule has 3 N–H and O–H groups in total. The van der Waals surface area contributed by atoms with E-state index in [2.05, 4.69) is 25.3 Å². The number of aliphatic hydroxyl groups is 1. The lowest BCUT2D eigenvalue weighted by Gasteiger charge is -2.16. The Labute approximate surface area is 203 Å². The number of hydrogen-bond acceptors (Lipinski definition) is 6. The highest BCUT2D eigenvalue weighted by Crippen LogP contribution is 2.19. The fourth-order valence-electron chi connectivity index (χ4n) is 2.58. The minimum absolute atomic E-state index is 0. The Morgan fingerprint density at radius 1 is 1.16 bits per heavy atom. The number of aliphatic hydroxyl groups excluding tert-OH is 1. The molecule has 1 heterocycles. The Morgan fingerprint density at radius 2 is 1.91 bits per heavy atom. The molecule has 1 aromatic heterocycles. The number of nitrogens with zero attached hydrogens (tertiary/aromatic N) is 2. The summed E-state index contributed by atoms with van der Waals surface area (Å²) in [6.07, 6.45) is 0.781. The van der Waals surface area contributed by atoms with Gasteiger partial charge in [0.25, 0.3) is 0 Å². The van der Waals surface area contributed by atoms with Gasteiger partial charge in [-0.2, -0.15) is 8.78 Å². The van der Waals surface area contributed by atoms with Crippen LogP contribution in [0.5, 0.6) is 11.6 Å². The van der Waals surface area contributed by atoms with Gasteiger partial charge in [0.05, 0.1) is 19.3 Å². The van der Waals surface area contributed by atoms with Crippen LogP contribution in [0.2, 0.25) is 0 Å². The first-order valence-corrected chi connectivity index (χ1v) is 9.84. The van der Waals surface area contributed by atoms with E-state index < -0.39 is 12.7 Å². The summed E-state index contributed by atoms with van der Waals surface area (Å²) in [5.74, 6) is 1.03. The van der Waals surface area contributed by atoms with Gasteiger partial charge >= 0.3 is 6.61 Å². The highest BCUT2D eigenvalue weighted by atomic mass is 127. The molecule has 0 aliphatic carbocycles. The number of hydrogen-bond donors (Lipinski definition) is 3. The molecule has 0 amide bonds. The van der Waals surface area contributed by atoms with Crippen molar-refractivity contribution in [3.05, 3.63) is 53.7 Å². The lowest BCUT2D eigenvalue weighted by molar-refractivity contribution is -0.0498. The van der Waals surface area contributed by atoms with Crippen LogP contribution < -0.4 is 20.1 Å². The van der Waals surface area contributed by atoms with Gasteiger partial charge in [0.2, 0.25) is 5.88 Å². The molecule has 0 aliphatic rings. The molecule has 32 heavy (non-hydrogen) atoms. The van der Waals surface area contributed by atoms with Crippen LogP contribution in [0, 0.1) is 0 Å². The number of benzene rings is 1. The third kappa shape index (κ3) is 9.92. The number of aliphatic imine (C=N–C) groups is 1. The standard InChI is InChI=1S/C21H28F2N4O4.HI/c1-3-24-21(26-13-16-5-4-10-25-19(16)30-12-11-29-2)27-14-18(28)15-6-8-17(9-7-15)31-20(22)23;/h4-10,18,20,28H,3,11-14H2,1-2H3,(H2,24,26,27);1H. The number of guanidine groups is 1. The first-order valence-electron chi connectivity index (χ1n) is 9.84. The highest BCUT2D eigenvalue weighted by molar-refractivity contribution is 14.0. The number of pyridine rings is 1. The second kappa shape index (κ2) is 15.5. The second-order valence-corrected chi connectivity index (χ2v) is 6.35. The molecule has 0 radical (unpaired) electrons. The molecular formula is C21H29F2IN4O4. The maximum atomic E-state index is 12.2. The van der Waals surface area contributed by atoms with Crippen LogP contribution in [-0.2, 0) is 11.3 Å². The first kappa shape index (κ1) is 27.8. The summed E-state index contributed by atoms with van der Waals surface area (Å²) in [5, 5.41) is 16.6. The van der Waals surface area contributed by atoms with Crippen LogP contribution in [0.25, 0.3) is 0 Å². The topological polar surface area (TPSA) is 97.2 Å². The van der Waals surface area contributed by atoms with Gasteiger partial charge in [-0.25, -0.2) is 9.98 Å². The molecule has 0 spiro atoms. The first-order chi connectivity index (χ1) is 15.0. The molecule has 0 saturated carbocycles. The van der Waals surface area contributed by atoms with Crippen LogP contribution in [0.4, 0.5) is 8.78 Å². The van der Waals surface area contributed by atoms with Gasteiger partial charge in [0, 0.05) is 32.0 Å². The monoisotopic (exact) mass is 566 g/mol. The lowest BCUT2D eigenvalue weighted by atomic mass is 10.1. The Bertz CT molecular complexity index is 813. The van der Waals surface area contributed by atoms with Crippen molar-refractivity contribution in [2.24, 2.45) is 4.99 Å². The van der Waals surface area contributed by atoms with Crippen molar-refractivity contribution in [3.8, 4) is 11.6 Å². The van der Waals surface area contributed by atoms with Gasteiger partial charge in [-0.1, -0.05) is 18.2 Å². The number of rotatable bonds is 12. The molecule has 11 heteroatoms. The van der Waals surface area contributed by atoms with Crippen molar-refractivity contribution in [1.29, 1.82) is 0 Å². The summed E-state index contributed by atoms with van der Waals surface area (Å²) in [4.78, 5) is 8.74. The quantitative estimate of drug-likeness (QED) is 0.157. The van der Waals surface area contributed by atoms with E-state index in [1.54, 1.807) is 19.4 Å². The van der Waals surface area contributed by atoms with Crippen LogP contribution in [0.3, 0.4) is 0 Å². The number of aromatic nitrogens is 1. The number of methoxy groups -OCH3 is 1. The van der Waals surface area contributed by atoms with Crippen molar-refractivity contribution in [2.45, 2.75) is 26.2 Å². The van der Waals surface area contributed by atoms with Crippen molar-refractivity contribution >= 4 is 29.9 Å². The maximum absolute atomic E-state index is 12.2. The molecule has 178 valence electrons. The summed E-state index contributed by atoms with van der Waals surface area (Å²) in [6, 6.07) is 9.52. The van der Waals surface area contributed by atoms with Crippen molar-refractivity contribution in [3.63, 3.8) is 0 Å². The van der Waals surface area contributed by atoms with Gasteiger partial charge < -0.3 is 30.0 Å². The number of alkyl halides is 2. The zero-order valence-corrected chi connectivity index (χ0v) is 20.3. The number of nitrogens with one attached hydrogen (secondary N) is 2. The lowest BCUT2D eigenvalue weighted by Crippen LogP contribution is -2.39. The van der Waals surface area contributed by atoms with E-state index in [9.17, 15) is 13.9 Å². The molecule has 8 nitrogen and oxygen atoms in total. The minimum atomic E-state index is -2.89. The predicted octanol–water partition coefficient (Wildman–Crippen LogP) is 3.11. The average Bonchev–Trinajstić information content (AvgIpc) is 2.76. The maximum Gasteiger partial charge on any atom is 0.387 e. The van der Waals surface area contributed by atoms with E-state index in [-0.39, 0.29) is 36.3 Å². The van der Waals surface area contributed by atoms with Gasteiger partial charge in [-0.3, -0.25) is 0 Å². The molecule has 1 unspecified atom stereocenters. The Kier molecular flexibility index (Phi) is 13.5. The molecule has 0 fully saturated rings. The van der Waals surface area contributed by atoms with Crippen molar-refractivity contribution in [1.82, 2.24) is 15.6 Å². The second-order valence-electron chi connectivity index (χ2n) is 6.35. The number of halogens is 3. The Morgan fingerprint density at radius 3 is 2.56 bits per heavy atom. The van der Waals surface area contributed by atoms with Crippen LogP contribution >= 0.6 is 24.0 Å². The fraction of sp³-hybridized carbons (Fsp3) is 0.429. The summed E-state index contributed by atoms with van der Waals surface area (Å²) in [7, 11) is 1.60. The third-order valence-electron chi connectivity index (χ3n) is 4.08. The summed E-state index contributed by atoms with van der Waals surface area (Å²) in [5.41, 5.74) is 1.37. The largest absolute Gasteiger partial charge is 0.475 e. The minimum Gasteiger partial charge on any atom is -0.475 e. The van der Waals surface area contributed by atoms with Crippen LogP contribution in [0.1, 0.15) is 24.2 Å². The summed E-state index contributed by atoms with van der Waals surface area (Å²) >= 11 is 0. The highest BCUT2D eigenvalue weighted by Gasteiger charge is 2.11. The SMILES string of the molecule is CCNC(=NCc1cccnc1OCCOC)NCC(O)c1ccc(OC(F)F)cc1.I. The summed E-state index contributed by atoms with van der Waals surface area (Å²) < 4.78 is 39.4. The van der Waals surface area contributed by atoms with E-state index in [0.29, 0.717) is 43.7 Å². The predicted molar refractivity (Wildman–Crippen MR) is 128 cm³/mol. The van der Waals surface area contributed by atoms with E-state index in [1.807, 2.05) is 13.0 Å². The van der Waals surface area contributed by atoms with Gasteiger partial charge in [0.15, 0.2) is 5.96 Å². The molecule has 2 rings (SSSR count). The van der Waals surface area contributed by atoms with E-state index in [0.717, 1.165) is 5.56 Å². The smallest absolute Gasteiger partial charge is 0.387 e. The summed E-state index contributed by atoms with van der Waals surface area (Å²) in [6.45, 7) is 1.01. The molecule has 1 atom stereocenters. The Balaban J connectivity index is 0.00000512. The van der Waals surface area contributed by atoms with Crippen LogP contribution in [0.15, 0.2) is 47.6 Å². The van der Waals surface area contributed by atoms with Gasteiger partial charge in [-0.05, 0) is 30.7 Å². The van der Waals surface area contributed by atoms with E-state index in [1.165, 1.54) is 24.3 Å². The average molecular weight is 566 g/mol. The van der Waals surface area contributed by atoms with Gasteiger partial charge in [0.1, 0.15) is 12.4 Å². The van der Waals surface area contributed by atoms with Crippen molar-refractivity contribution in [2.75, 3.05) is 33.4 Å². The molecule has 0 saturated heterocycles. The molecular weight excluding hydrogens is 537 g/mol. The zero-order chi connectivity index (χ0) is 22.5. The van der Waals surface area contributed by atoms with Crippen LogP contribution in [-0.4, -0.2) is 56.1 Å². The van der Waals surface area contributed by atoms with Crippen molar-refractivity contribution < 1.29 is 28.1 Å². The molecule has 0 bridgehead atoms. The van der Waals surface area contributed by atoms with E-state index in [4.69, 9.17) is 9.47 Å².